The Bertz CT molecular complexity index is 557. The zero-order chi connectivity index (χ0) is 15.9. The average molecular weight is 297 g/mol. The van der Waals surface area contributed by atoms with E-state index >= 15 is 0 Å². The number of nitrogens with two attached hydrogens (primary N) is 1. The van der Waals surface area contributed by atoms with E-state index in [0.29, 0.717) is 18.4 Å². The topological polar surface area (TPSA) is 35.2 Å². The van der Waals surface area contributed by atoms with Crippen LogP contribution < -0.4 is 10.5 Å². The first-order valence-corrected chi connectivity index (χ1v) is 8.07. The van der Waals surface area contributed by atoms with Gasteiger partial charge in [0.1, 0.15) is 5.75 Å². The maximum atomic E-state index is 5.98. The van der Waals surface area contributed by atoms with Crippen molar-refractivity contribution < 1.29 is 4.74 Å². The zero-order valence-corrected chi connectivity index (χ0v) is 13.9. The van der Waals surface area contributed by atoms with E-state index in [2.05, 4.69) is 69.3 Å². The van der Waals surface area contributed by atoms with Crippen molar-refractivity contribution in [2.24, 2.45) is 11.7 Å². The molecule has 0 aliphatic heterocycles. The molecule has 0 saturated carbocycles. The quantitative estimate of drug-likeness (QED) is 0.826. The Kier molecular flexibility index (Phi) is 6.02. The van der Waals surface area contributed by atoms with Crippen LogP contribution in [0.15, 0.2) is 48.5 Å². The van der Waals surface area contributed by atoms with Gasteiger partial charge in [-0.2, -0.15) is 0 Å². The molecule has 2 heteroatoms. The highest BCUT2D eigenvalue weighted by atomic mass is 16.5. The van der Waals surface area contributed by atoms with Gasteiger partial charge in [0.25, 0.3) is 0 Å². The Hall–Kier alpha value is -1.80. The van der Waals surface area contributed by atoms with Gasteiger partial charge in [-0.1, -0.05) is 55.8 Å². The second-order valence-electron chi connectivity index (χ2n) is 6.40. The summed E-state index contributed by atoms with van der Waals surface area (Å²) in [6.45, 7) is 7.84. The van der Waals surface area contributed by atoms with Gasteiger partial charge in [0, 0.05) is 5.92 Å². The summed E-state index contributed by atoms with van der Waals surface area (Å²) in [4.78, 5) is 0. The zero-order valence-electron chi connectivity index (χ0n) is 13.9. The van der Waals surface area contributed by atoms with Crippen molar-refractivity contribution in [2.45, 2.75) is 33.1 Å². The summed E-state index contributed by atoms with van der Waals surface area (Å²) < 4.78 is 5.73. The third kappa shape index (κ3) is 4.88. The summed E-state index contributed by atoms with van der Waals surface area (Å²) in [6.07, 6.45) is 0.962. The molecular formula is C20H27NO. The van der Waals surface area contributed by atoms with Gasteiger partial charge in [-0.05, 0) is 49.1 Å². The molecule has 0 saturated heterocycles. The molecule has 0 aromatic heterocycles. The number of hydrogen-bond acceptors (Lipinski definition) is 2. The van der Waals surface area contributed by atoms with E-state index in [1.165, 1.54) is 16.7 Å². The third-order valence-corrected chi connectivity index (χ3v) is 3.82. The molecule has 22 heavy (non-hydrogen) atoms. The molecule has 0 spiro atoms. The van der Waals surface area contributed by atoms with Gasteiger partial charge in [-0.25, -0.2) is 0 Å². The predicted molar refractivity (Wildman–Crippen MR) is 93.5 cm³/mol. The van der Waals surface area contributed by atoms with Gasteiger partial charge in [-0.15, -0.1) is 0 Å². The summed E-state index contributed by atoms with van der Waals surface area (Å²) in [5, 5.41) is 0. The Labute approximate surface area is 134 Å². The lowest BCUT2D eigenvalue weighted by molar-refractivity contribution is 0.271. The second kappa shape index (κ2) is 8.00. The van der Waals surface area contributed by atoms with E-state index in [9.17, 15) is 0 Å². The van der Waals surface area contributed by atoms with Gasteiger partial charge < -0.3 is 10.5 Å². The molecule has 2 N–H and O–H groups in total. The summed E-state index contributed by atoms with van der Waals surface area (Å²) in [5.74, 6) is 1.85. The number of rotatable bonds is 7. The maximum absolute atomic E-state index is 5.98. The molecule has 2 aromatic rings. The normalized spacial score (nSPS) is 12.4. The average Bonchev–Trinajstić information content (AvgIpc) is 2.52. The Morgan fingerprint density at radius 2 is 1.59 bits per heavy atom. The first-order chi connectivity index (χ1) is 10.6. The van der Waals surface area contributed by atoms with Gasteiger partial charge in [0.2, 0.25) is 0 Å². The summed E-state index contributed by atoms with van der Waals surface area (Å²) in [6, 6.07) is 17.1. The molecule has 0 heterocycles. The lowest BCUT2D eigenvalue weighted by Crippen LogP contribution is -2.15. The van der Waals surface area contributed by atoms with Crippen LogP contribution in [0.4, 0.5) is 0 Å². The Morgan fingerprint density at radius 1 is 0.955 bits per heavy atom. The molecule has 0 amide bonds. The molecule has 0 fully saturated rings. The molecule has 0 aliphatic rings. The van der Waals surface area contributed by atoms with Gasteiger partial charge >= 0.3 is 0 Å². The highest BCUT2D eigenvalue weighted by Crippen LogP contribution is 2.22. The molecule has 2 rings (SSSR count). The largest absolute Gasteiger partial charge is 0.493 e. The molecular weight excluding hydrogens is 270 g/mol. The lowest BCUT2D eigenvalue weighted by atomic mass is 9.91. The summed E-state index contributed by atoms with van der Waals surface area (Å²) in [7, 11) is 0. The van der Waals surface area contributed by atoms with Crippen LogP contribution in [-0.4, -0.2) is 13.2 Å². The van der Waals surface area contributed by atoms with Crippen LogP contribution in [0, 0.1) is 12.8 Å². The molecule has 2 aromatic carbocycles. The van der Waals surface area contributed by atoms with E-state index in [1.54, 1.807) is 0 Å². The molecule has 0 bridgehead atoms. The lowest BCUT2D eigenvalue weighted by Gasteiger charge is -2.16. The summed E-state index contributed by atoms with van der Waals surface area (Å²) >= 11 is 0. The molecule has 1 unspecified atom stereocenters. The van der Waals surface area contributed by atoms with Crippen LogP contribution in [0.25, 0.3) is 0 Å². The van der Waals surface area contributed by atoms with Crippen molar-refractivity contribution in [2.75, 3.05) is 13.2 Å². The predicted octanol–water partition coefficient (Wildman–Crippen LogP) is 4.31. The van der Waals surface area contributed by atoms with Crippen LogP contribution in [0.2, 0.25) is 0 Å². The van der Waals surface area contributed by atoms with Crippen LogP contribution in [0.5, 0.6) is 5.75 Å². The van der Waals surface area contributed by atoms with Crippen molar-refractivity contribution in [1.29, 1.82) is 0 Å². The van der Waals surface area contributed by atoms with Crippen molar-refractivity contribution in [3.05, 3.63) is 65.2 Å². The second-order valence-corrected chi connectivity index (χ2v) is 6.40. The standard InChI is InChI=1S/C20H27NO/c1-15(2)14-22-20-10-6-17(7-11-20)12-19(13-21)18-8-4-16(3)5-9-18/h4-11,15,19H,12-14,21H2,1-3H3. The fourth-order valence-electron chi connectivity index (χ4n) is 2.45. The van der Waals surface area contributed by atoms with Crippen LogP contribution >= 0.6 is 0 Å². The number of hydrogen-bond donors (Lipinski definition) is 1. The van der Waals surface area contributed by atoms with Crippen LogP contribution in [0.3, 0.4) is 0 Å². The third-order valence-electron chi connectivity index (χ3n) is 3.82. The molecule has 1 atom stereocenters. The molecule has 118 valence electrons. The first kappa shape index (κ1) is 16.6. The first-order valence-electron chi connectivity index (χ1n) is 8.07. The van der Waals surface area contributed by atoms with Gasteiger partial charge in [0.15, 0.2) is 0 Å². The fraction of sp³-hybridized carbons (Fsp3) is 0.400. The van der Waals surface area contributed by atoms with Crippen molar-refractivity contribution in [1.82, 2.24) is 0 Å². The van der Waals surface area contributed by atoms with Crippen molar-refractivity contribution >= 4 is 0 Å². The van der Waals surface area contributed by atoms with E-state index in [4.69, 9.17) is 10.5 Å². The SMILES string of the molecule is Cc1ccc(C(CN)Cc2ccc(OCC(C)C)cc2)cc1. The number of aryl methyl sites for hydroxylation is 1. The molecule has 0 radical (unpaired) electrons. The van der Waals surface area contributed by atoms with Crippen LogP contribution in [-0.2, 0) is 6.42 Å². The van der Waals surface area contributed by atoms with Gasteiger partial charge in [0.05, 0.1) is 6.61 Å². The van der Waals surface area contributed by atoms with Crippen molar-refractivity contribution in [3.63, 3.8) is 0 Å². The van der Waals surface area contributed by atoms with Gasteiger partial charge in [-0.3, -0.25) is 0 Å². The van der Waals surface area contributed by atoms with E-state index in [0.717, 1.165) is 18.8 Å². The monoisotopic (exact) mass is 297 g/mol. The van der Waals surface area contributed by atoms with Crippen molar-refractivity contribution in [3.8, 4) is 5.75 Å². The van der Waals surface area contributed by atoms with E-state index in [-0.39, 0.29) is 0 Å². The minimum atomic E-state index is 0.364. The number of ether oxygens (including phenoxy) is 1. The highest BCUT2D eigenvalue weighted by molar-refractivity contribution is 5.31. The Balaban J connectivity index is 2.00. The fourth-order valence-corrected chi connectivity index (χ4v) is 2.45. The minimum Gasteiger partial charge on any atom is -0.493 e. The van der Waals surface area contributed by atoms with E-state index < -0.39 is 0 Å². The number of benzene rings is 2. The maximum Gasteiger partial charge on any atom is 0.119 e. The highest BCUT2D eigenvalue weighted by Gasteiger charge is 2.10. The molecule has 2 nitrogen and oxygen atoms in total. The molecule has 0 aliphatic carbocycles. The Morgan fingerprint density at radius 3 is 2.14 bits per heavy atom. The van der Waals surface area contributed by atoms with E-state index in [1.807, 2.05) is 0 Å². The summed E-state index contributed by atoms with van der Waals surface area (Å²) in [5.41, 5.74) is 9.87. The minimum absolute atomic E-state index is 0.364. The van der Waals surface area contributed by atoms with Crippen LogP contribution in [0.1, 0.15) is 36.5 Å². The smallest absolute Gasteiger partial charge is 0.119 e.